The van der Waals surface area contributed by atoms with Crippen molar-refractivity contribution in [2.45, 2.75) is 69.1 Å². The summed E-state index contributed by atoms with van der Waals surface area (Å²) in [5, 5.41) is 12.1. The van der Waals surface area contributed by atoms with E-state index >= 15 is 0 Å². The molecule has 26 heavy (non-hydrogen) atoms. The number of benzene rings is 1. The van der Waals surface area contributed by atoms with Crippen LogP contribution in [0, 0.1) is 5.92 Å². The molecule has 4 atom stereocenters. The highest BCUT2D eigenvalue weighted by Crippen LogP contribution is 2.58. The molecule has 2 unspecified atom stereocenters. The lowest BCUT2D eigenvalue weighted by molar-refractivity contribution is -0.186. The zero-order valence-corrected chi connectivity index (χ0v) is 16.6. The fourth-order valence-electron chi connectivity index (χ4n) is 6.06. The lowest BCUT2D eigenvalue weighted by Crippen LogP contribution is -2.73. The molecule has 1 heterocycles. The van der Waals surface area contributed by atoms with Crippen LogP contribution in [0.5, 0.6) is 5.75 Å². The molecule has 1 aliphatic heterocycles. The molecule has 2 aliphatic carbocycles. The Bertz CT molecular complexity index is 675. The van der Waals surface area contributed by atoms with Gasteiger partial charge in [0.2, 0.25) is 0 Å². The average molecular weight is 360 g/mol. The summed E-state index contributed by atoms with van der Waals surface area (Å²) in [6, 6.07) is 6.68. The minimum atomic E-state index is -0.672. The molecule has 0 radical (unpaired) electrons. The first-order valence-corrected chi connectivity index (χ1v) is 10.1. The van der Waals surface area contributed by atoms with E-state index in [1.54, 1.807) is 7.11 Å². The molecule has 1 N–H and O–H groups in total. The summed E-state index contributed by atoms with van der Waals surface area (Å²) in [5.74, 6) is 1.50. The molecule has 1 saturated carbocycles. The molecule has 1 aromatic rings. The molecule has 2 bridgehead atoms. The van der Waals surface area contributed by atoms with Crippen molar-refractivity contribution in [3.05, 3.63) is 29.3 Å². The third kappa shape index (κ3) is 2.53. The van der Waals surface area contributed by atoms with Crippen molar-refractivity contribution in [2.24, 2.45) is 5.92 Å². The first kappa shape index (κ1) is 18.3. The van der Waals surface area contributed by atoms with E-state index in [0.29, 0.717) is 5.92 Å². The second-order valence-corrected chi connectivity index (χ2v) is 8.99. The van der Waals surface area contributed by atoms with Crippen LogP contribution in [-0.2, 0) is 16.6 Å². The summed E-state index contributed by atoms with van der Waals surface area (Å²) in [4.78, 5) is 2.56. The number of aliphatic hydroxyl groups is 1. The lowest BCUT2D eigenvalue weighted by Gasteiger charge is -2.64. The first-order valence-electron chi connectivity index (χ1n) is 10.1. The Morgan fingerprint density at radius 2 is 2.08 bits per heavy atom. The van der Waals surface area contributed by atoms with E-state index in [0.717, 1.165) is 50.9 Å². The predicted octanol–water partition coefficient (Wildman–Crippen LogP) is 3.15. The maximum atomic E-state index is 12.1. The Hall–Kier alpha value is -1.10. The molecule has 1 saturated heterocycles. The normalized spacial score (nSPS) is 36.5. The molecular weight excluding hydrogens is 326 g/mol. The van der Waals surface area contributed by atoms with Crippen LogP contribution in [-0.4, -0.2) is 55.1 Å². The van der Waals surface area contributed by atoms with Gasteiger partial charge < -0.3 is 14.6 Å². The minimum absolute atomic E-state index is 0.206. The Labute approximate surface area is 157 Å². The van der Waals surface area contributed by atoms with Crippen LogP contribution in [0.4, 0.5) is 0 Å². The van der Waals surface area contributed by atoms with Crippen LogP contribution in [0.15, 0.2) is 18.2 Å². The SMILES string of the molecule is COc1ccc2c(c1)C13CCN(CC(C)C)[C@H](C2)[C@]1(O)CCC(OC)C3. The third-order valence-electron chi connectivity index (χ3n) is 7.25. The van der Waals surface area contributed by atoms with E-state index in [2.05, 4.69) is 36.9 Å². The van der Waals surface area contributed by atoms with Crippen LogP contribution in [0.3, 0.4) is 0 Å². The van der Waals surface area contributed by atoms with E-state index in [1.807, 2.05) is 7.11 Å². The third-order valence-corrected chi connectivity index (χ3v) is 7.25. The van der Waals surface area contributed by atoms with Gasteiger partial charge in [0.25, 0.3) is 0 Å². The molecule has 144 valence electrons. The van der Waals surface area contributed by atoms with Crippen LogP contribution >= 0.6 is 0 Å². The van der Waals surface area contributed by atoms with Crippen molar-refractivity contribution >= 4 is 0 Å². The molecule has 2 fully saturated rings. The number of fused-ring (bicyclic) bond motifs is 1. The molecule has 0 amide bonds. The highest BCUT2D eigenvalue weighted by atomic mass is 16.5. The van der Waals surface area contributed by atoms with Crippen molar-refractivity contribution < 1.29 is 14.6 Å². The average Bonchev–Trinajstić information content (AvgIpc) is 2.63. The molecule has 4 heteroatoms. The molecule has 0 spiro atoms. The second-order valence-electron chi connectivity index (χ2n) is 8.99. The van der Waals surface area contributed by atoms with Crippen LogP contribution < -0.4 is 4.74 Å². The molecule has 0 aromatic heterocycles. The topological polar surface area (TPSA) is 41.9 Å². The van der Waals surface area contributed by atoms with Gasteiger partial charge in [-0.1, -0.05) is 19.9 Å². The standard InChI is InChI=1S/C22H33NO3/c1-15(2)14-23-10-9-21-13-18(26-4)7-8-22(21,24)20(23)11-16-5-6-17(25-3)12-19(16)21/h5-6,12,15,18,20,24H,7-11,13-14H2,1-4H3/t18?,20-,21?,22-/m1/s1. The van der Waals surface area contributed by atoms with Gasteiger partial charge in [0, 0.05) is 25.1 Å². The summed E-state index contributed by atoms with van der Waals surface area (Å²) in [6.07, 6.45) is 4.83. The maximum absolute atomic E-state index is 12.1. The Balaban J connectivity index is 1.84. The number of likely N-dealkylation sites (tertiary alicyclic amines) is 1. The summed E-state index contributed by atoms with van der Waals surface area (Å²) in [6.45, 7) is 6.66. The van der Waals surface area contributed by atoms with Crippen LogP contribution in [0.1, 0.15) is 50.7 Å². The number of methoxy groups -OCH3 is 2. The van der Waals surface area contributed by atoms with Gasteiger partial charge in [0.15, 0.2) is 0 Å². The molecule has 1 aromatic carbocycles. The van der Waals surface area contributed by atoms with E-state index in [-0.39, 0.29) is 17.6 Å². The maximum Gasteiger partial charge on any atom is 0.119 e. The van der Waals surface area contributed by atoms with Gasteiger partial charge in [0.1, 0.15) is 5.75 Å². The number of hydrogen-bond donors (Lipinski definition) is 1. The van der Waals surface area contributed by atoms with Gasteiger partial charge in [-0.15, -0.1) is 0 Å². The van der Waals surface area contributed by atoms with Crippen molar-refractivity contribution in [3.8, 4) is 5.75 Å². The van der Waals surface area contributed by atoms with Crippen molar-refractivity contribution in [1.29, 1.82) is 0 Å². The Morgan fingerprint density at radius 1 is 1.27 bits per heavy atom. The number of ether oxygens (including phenoxy) is 2. The van der Waals surface area contributed by atoms with Crippen molar-refractivity contribution in [1.82, 2.24) is 4.90 Å². The second kappa shape index (κ2) is 6.50. The Kier molecular flexibility index (Phi) is 4.57. The molecule has 3 aliphatic rings. The molecule has 4 nitrogen and oxygen atoms in total. The minimum Gasteiger partial charge on any atom is -0.497 e. The number of rotatable bonds is 4. The van der Waals surface area contributed by atoms with E-state index in [1.165, 1.54) is 11.1 Å². The fourth-order valence-corrected chi connectivity index (χ4v) is 6.06. The summed E-state index contributed by atoms with van der Waals surface area (Å²) >= 11 is 0. The monoisotopic (exact) mass is 359 g/mol. The largest absolute Gasteiger partial charge is 0.497 e. The summed E-state index contributed by atoms with van der Waals surface area (Å²) in [7, 11) is 3.54. The number of piperidine rings is 1. The Morgan fingerprint density at radius 3 is 2.77 bits per heavy atom. The van der Waals surface area contributed by atoms with Gasteiger partial charge >= 0.3 is 0 Å². The first-order chi connectivity index (χ1) is 12.4. The smallest absolute Gasteiger partial charge is 0.119 e. The van der Waals surface area contributed by atoms with Crippen molar-refractivity contribution in [2.75, 3.05) is 27.3 Å². The number of nitrogens with zero attached hydrogens (tertiary/aromatic N) is 1. The predicted molar refractivity (Wildman–Crippen MR) is 103 cm³/mol. The van der Waals surface area contributed by atoms with Crippen molar-refractivity contribution in [3.63, 3.8) is 0 Å². The summed E-state index contributed by atoms with van der Waals surface area (Å²) in [5.41, 5.74) is 1.80. The zero-order valence-electron chi connectivity index (χ0n) is 16.6. The van der Waals surface area contributed by atoms with Crippen LogP contribution in [0.25, 0.3) is 0 Å². The van der Waals surface area contributed by atoms with E-state index in [9.17, 15) is 5.11 Å². The fraction of sp³-hybridized carbons (Fsp3) is 0.727. The highest BCUT2D eigenvalue weighted by Gasteiger charge is 2.64. The molecular formula is C22H33NO3. The van der Waals surface area contributed by atoms with E-state index in [4.69, 9.17) is 9.47 Å². The quantitative estimate of drug-likeness (QED) is 0.897. The van der Waals surface area contributed by atoms with Crippen LogP contribution in [0.2, 0.25) is 0 Å². The highest BCUT2D eigenvalue weighted by molar-refractivity contribution is 5.48. The van der Waals surface area contributed by atoms with Gasteiger partial charge in [-0.3, -0.25) is 4.90 Å². The van der Waals surface area contributed by atoms with Gasteiger partial charge in [-0.25, -0.2) is 0 Å². The van der Waals surface area contributed by atoms with Gasteiger partial charge in [-0.2, -0.15) is 0 Å². The number of hydrogen-bond acceptors (Lipinski definition) is 4. The molecule has 4 rings (SSSR count). The van der Waals surface area contributed by atoms with Gasteiger partial charge in [0.05, 0.1) is 18.8 Å². The zero-order chi connectivity index (χ0) is 18.5. The summed E-state index contributed by atoms with van der Waals surface area (Å²) < 4.78 is 11.3. The lowest BCUT2D eigenvalue weighted by atomic mass is 9.49. The van der Waals surface area contributed by atoms with Gasteiger partial charge in [-0.05, 0) is 67.8 Å². The van der Waals surface area contributed by atoms with E-state index < -0.39 is 5.60 Å².